The molecule has 4 aromatic rings. The molecular formula is C24H22ClN7O5. The third-order valence-electron chi connectivity index (χ3n) is 5.15. The third-order valence-corrected chi connectivity index (χ3v) is 5.40. The van der Waals surface area contributed by atoms with Crippen molar-refractivity contribution >= 4 is 29.1 Å². The van der Waals surface area contributed by atoms with E-state index in [1.54, 1.807) is 48.5 Å². The van der Waals surface area contributed by atoms with Crippen molar-refractivity contribution in [3.8, 4) is 11.6 Å². The molecule has 2 heterocycles. The molecule has 0 bridgehead atoms. The molecule has 190 valence electrons. The lowest BCUT2D eigenvalue weighted by atomic mass is 10.2. The summed E-state index contributed by atoms with van der Waals surface area (Å²) in [5.74, 6) is 0.307. The maximum atomic E-state index is 13.1. The van der Waals surface area contributed by atoms with Gasteiger partial charge in [-0.15, -0.1) is 0 Å². The Morgan fingerprint density at radius 2 is 1.76 bits per heavy atom. The number of hydrogen-bond donors (Lipinski definition) is 3. The summed E-state index contributed by atoms with van der Waals surface area (Å²) in [6, 6.07) is 13.5. The number of carbonyl (C=O) groups excluding carboxylic acids is 1. The smallest absolute Gasteiger partial charge is 0.355 e. The Balaban J connectivity index is 1.57. The molecule has 4 rings (SSSR count). The zero-order valence-corrected chi connectivity index (χ0v) is 20.3. The van der Waals surface area contributed by atoms with Gasteiger partial charge in [-0.25, -0.2) is 24.1 Å². The van der Waals surface area contributed by atoms with Gasteiger partial charge in [-0.3, -0.25) is 9.36 Å². The Morgan fingerprint density at radius 1 is 1.03 bits per heavy atom. The number of halogens is 1. The summed E-state index contributed by atoms with van der Waals surface area (Å²) >= 11 is 5.96. The number of aliphatic hydroxyl groups is 1. The maximum Gasteiger partial charge on any atom is 0.355 e. The molecule has 13 heteroatoms. The molecule has 3 N–H and O–H groups in total. The van der Waals surface area contributed by atoms with Gasteiger partial charge in [0.2, 0.25) is 11.8 Å². The van der Waals surface area contributed by atoms with Crippen molar-refractivity contribution in [3.63, 3.8) is 0 Å². The van der Waals surface area contributed by atoms with E-state index in [0.29, 0.717) is 16.5 Å². The average molecular weight is 524 g/mol. The number of nitrogens with one attached hydrogen (secondary N) is 2. The number of hydrogen-bond acceptors (Lipinski definition) is 9. The van der Waals surface area contributed by atoms with Crippen LogP contribution in [0.5, 0.6) is 11.6 Å². The number of benzene rings is 2. The summed E-state index contributed by atoms with van der Waals surface area (Å²) < 4.78 is 7.82. The van der Waals surface area contributed by atoms with Crippen LogP contribution < -0.4 is 26.7 Å². The fraction of sp³-hybridized carbons (Fsp3) is 0.167. The minimum atomic E-state index is -0.785. The van der Waals surface area contributed by atoms with Crippen LogP contribution in [0.2, 0.25) is 5.02 Å². The molecular weight excluding hydrogens is 502 g/mol. The van der Waals surface area contributed by atoms with Gasteiger partial charge >= 0.3 is 11.4 Å². The normalized spacial score (nSPS) is 10.7. The van der Waals surface area contributed by atoms with E-state index in [0.717, 1.165) is 10.1 Å². The maximum absolute atomic E-state index is 13.1. The van der Waals surface area contributed by atoms with Gasteiger partial charge in [0.25, 0.3) is 5.91 Å². The predicted octanol–water partition coefficient (Wildman–Crippen LogP) is 1.78. The Morgan fingerprint density at radius 3 is 2.38 bits per heavy atom. The summed E-state index contributed by atoms with van der Waals surface area (Å²) in [7, 11) is 1.50. The number of anilines is 2. The van der Waals surface area contributed by atoms with Crippen molar-refractivity contribution in [2.75, 3.05) is 19.0 Å². The van der Waals surface area contributed by atoms with Crippen molar-refractivity contribution in [3.05, 3.63) is 98.2 Å². The topological polar surface area (TPSA) is 153 Å². The Bertz CT molecular complexity index is 1500. The largest absolute Gasteiger partial charge is 0.438 e. The molecule has 0 atom stereocenters. The van der Waals surface area contributed by atoms with Crippen LogP contribution in [-0.4, -0.2) is 48.8 Å². The van der Waals surface area contributed by atoms with Gasteiger partial charge in [-0.2, -0.15) is 4.98 Å². The van der Waals surface area contributed by atoms with E-state index in [2.05, 4.69) is 25.6 Å². The highest BCUT2D eigenvalue weighted by Gasteiger charge is 2.14. The second-order valence-corrected chi connectivity index (χ2v) is 8.10. The Kier molecular flexibility index (Phi) is 7.91. The zero-order valence-electron chi connectivity index (χ0n) is 19.6. The number of carbonyl (C=O) groups is 1. The van der Waals surface area contributed by atoms with Gasteiger partial charge in [0.1, 0.15) is 11.4 Å². The number of nitrogens with zero attached hydrogens (tertiary/aromatic N) is 5. The molecule has 0 aliphatic rings. The average Bonchev–Trinajstić information content (AvgIpc) is 2.91. The Hall–Kier alpha value is -4.55. The van der Waals surface area contributed by atoms with Crippen LogP contribution in [0, 0.1) is 0 Å². The first-order valence-corrected chi connectivity index (χ1v) is 11.4. The highest BCUT2D eigenvalue weighted by molar-refractivity contribution is 6.30. The van der Waals surface area contributed by atoms with Crippen molar-refractivity contribution < 1.29 is 14.6 Å². The molecule has 2 aromatic carbocycles. The molecule has 37 heavy (non-hydrogen) atoms. The van der Waals surface area contributed by atoms with Gasteiger partial charge in [0.05, 0.1) is 32.1 Å². The van der Waals surface area contributed by atoms with Crippen LogP contribution in [0.1, 0.15) is 16.1 Å². The van der Waals surface area contributed by atoms with Crippen LogP contribution >= 0.6 is 11.6 Å². The van der Waals surface area contributed by atoms with Crippen molar-refractivity contribution in [1.82, 2.24) is 29.4 Å². The summed E-state index contributed by atoms with van der Waals surface area (Å²) in [4.78, 5) is 49.2. The second-order valence-electron chi connectivity index (χ2n) is 7.66. The summed E-state index contributed by atoms with van der Waals surface area (Å²) in [5.41, 5.74) is 0.0487. The molecule has 0 unspecified atom stereocenters. The quantitative estimate of drug-likeness (QED) is 0.298. The SMILES string of the molecule is CNC(=O)c1cnc(Oc2ccc(Nc3nc(=O)n(CCO)c(=O)n3Cc3ccc(Cl)cc3)cc2)cn1. The first-order chi connectivity index (χ1) is 17.9. The number of aliphatic hydroxyl groups excluding tert-OH is 1. The lowest BCUT2D eigenvalue weighted by Gasteiger charge is -2.15. The van der Waals surface area contributed by atoms with Crippen LogP contribution in [0.3, 0.4) is 0 Å². The van der Waals surface area contributed by atoms with Gasteiger partial charge in [-0.05, 0) is 42.0 Å². The van der Waals surface area contributed by atoms with E-state index in [-0.39, 0.29) is 43.1 Å². The second kappa shape index (κ2) is 11.5. The Labute approximate surface area is 215 Å². The van der Waals surface area contributed by atoms with Crippen LogP contribution in [-0.2, 0) is 13.1 Å². The van der Waals surface area contributed by atoms with E-state index < -0.39 is 11.4 Å². The van der Waals surface area contributed by atoms with Crippen molar-refractivity contribution in [2.45, 2.75) is 13.1 Å². The molecule has 0 saturated carbocycles. The van der Waals surface area contributed by atoms with E-state index in [1.807, 2.05) is 0 Å². The molecule has 0 aliphatic heterocycles. The molecule has 12 nitrogen and oxygen atoms in total. The summed E-state index contributed by atoms with van der Waals surface area (Å²) in [6.45, 7) is -0.446. The fourth-order valence-corrected chi connectivity index (χ4v) is 3.43. The van der Waals surface area contributed by atoms with Gasteiger partial charge < -0.3 is 20.5 Å². The van der Waals surface area contributed by atoms with Crippen LogP contribution in [0.4, 0.5) is 11.6 Å². The molecule has 0 saturated heterocycles. The van der Waals surface area contributed by atoms with Crippen molar-refractivity contribution in [1.29, 1.82) is 0 Å². The van der Waals surface area contributed by atoms with E-state index in [1.165, 1.54) is 24.0 Å². The number of ether oxygens (including phenoxy) is 1. The van der Waals surface area contributed by atoms with E-state index in [9.17, 15) is 19.5 Å². The van der Waals surface area contributed by atoms with E-state index >= 15 is 0 Å². The summed E-state index contributed by atoms with van der Waals surface area (Å²) in [5, 5.41) is 15.3. The first-order valence-electron chi connectivity index (χ1n) is 11.0. The van der Waals surface area contributed by atoms with E-state index in [4.69, 9.17) is 16.3 Å². The van der Waals surface area contributed by atoms with Gasteiger partial charge in [0, 0.05) is 17.8 Å². The van der Waals surface area contributed by atoms with Crippen LogP contribution in [0.15, 0.2) is 70.5 Å². The highest BCUT2D eigenvalue weighted by atomic mass is 35.5. The third kappa shape index (κ3) is 6.18. The molecule has 0 fully saturated rings. The first kappa shape index (κ1) is 25.5. The lowest BCUT2D eigenvalue weighted by Crippen LogP contribution is -2.43. The number of amides is 1. The predicted molar refractivity (Wildman–Crippen MR) is 136 cm³/mol. The molecule has 0 radical (unpaired) electrons. The minimum Gasteiger partial charge on any atom is -0.438 e. The summed E-state index contributed by atoms with van der Waals surface area (Å²) in [6.07, 6.45) is 2.63. The fourth-order valence-electron chi connectivity index (χ4n) is 3.30. The van der Waals surface area contributed by atoms with Gasteiger partial charge in [-0.1, -0.05) is 23.7 Å². The monoisotopic (exact) mass is 523 g/mol. The standard InChI is InChI=1S/C24H22ClN7O5/c1-26-21(34)19-12-28-20(13-27-19)37-18-8-6-17(7-9-18)29-22-30-23(35)31(10-11-33)24(36)32(22)14-15-2-4-16(25)5-3-15/h2-9,12-13,33H,10-11,14H2,1H3,(H,26,34)(H,29,30,35). The zero-order chi connectivity index (χ0) is 26.4. The highest BCUT2D eigenvalue weighted by Crippen LogP contribution is 2.22. The van der Waals surface area contributed by atoms with Crippen molar-refractivity contribution in [2.24, 2.45) is 0 Å². The minimum absolute atomic E-state index is 0.0310. The molecule has 0 aliphatic carbocycles. The molecule has 1 amide bonds. The number of rotatable bonds is 9. The molecule has 0 spiro atoms. The van der Waals surface area contributed by atoms with Gasteiger partial charge in [0.15, 0.2) is 0 Å². The molecule has 2 aromatic heterocycles. The van der Waals surface area contributed by atoms with Crippen LogP contribution in [0.25, 0.3) is 0 Å². The number of aromatic nitrogens is 5. The lowest BCUT2D eigenvalue weighted by molar-refractivity contribution is 0.0957.